The summed E-state index contributed by atoms with van der Waals surface area (Å²) in [6, 6.07) is 4.11. The molecule has 4 heteroatoms. The molecular weight excluding hydrogens is 234 g/mol. The maximum absolute atomic E-state index is 12.0. The second-order valence-corrected chi connectivity index (χ2v) is 5.78. The van der Waals surface area contributed by atoms with Crippen LogP contribution < -0.4 is 5.32 Å². The van der Waals surface area contributed by atoms with E-state index in [0.717, 1.165) is 19.4 Å². The number of esters is 1. The predicted octanol–water partition coefficient (Wildman–Crippen LogP) is 2.57. The van der Waals surface area contributed by atoms with Crippen molar-refractivity contribution in [1.82, 2.24) is 5.32 Å². The van der Waals surface area contributed by atoms with Gasteiger partial charge in [0.25, 0.3) is 0 Å². The number of hydrogen-bond acceptors (Lipinski definition) is 4. The second-order valence-electron chi connectivity index (χ2n) is 4.75. The molecule has 0 spiro atoms. The molecule has 1 aromatic heterocycles. The molecule has 3 nitrogen and oxygen atoms in total. The number of carbonyl (C=O) groups excluding carboxylic acids is 1. The van der Waals surface area contributed by atoms with Crippen LogP contribution in [0.25, 0.3) is 0 Å². The SMILES string of the molecule is CCOC(=O)C1(NCc2cccs2)CC(C)C1. The highest BCUT2D eigenvalue weighted by molar-refractivity contribution is 7.09. The molecule has 1 aromatic rings. The summed E-state index contributed by atoms with van der Waals surface area (Å²) >= 11 is 1.71. The van der Waals surface area contributed by atoms with Crippen molar-refractivity contribution in [3.63, 3.8) is 0 Å². The summed E-state index contributed by atoms with van der Waals surface area (Å²) in [5.74, 6) is 0.518. The minimum absolute atomic E-state index is 0.0883. The van der Waals surface area contributed by atoms with Crippen LogP contribution in [0.2, 0.25) is 0 Å². The average Bonchev–Trinajstić information content (AvgIpc) is 2.75. The van der Waals surface area contributed by atoms with E-state index < -0.39 is 5.54 Å². The maximum atomic E-state index is 12.0. The van der Waals surface area contributed by atoms with E-state index in [0.29, 0.717) is 12.5 Å². The summed E-state index contributed by atoms with van der Waals surface area (Å²) in [5.41, 5.74) is -0.431. The van der Waals surface area contributed by atoms with Gasteiger partial charge in [-0.1, -0.05) is 13.0 Å². The highest BCUT2D eigenvalue weighted by Crippen LogP contribution is 2.38. The third kappa shape index (κ3) is 2.69. The minimum atomic E-state index is -0.431. The normalized spacial score (nSPS) is 27.5. The van der Waals surface area contributed by atoms with Crippen molar-refractivity contribution in [2.24, 2.45) is 5.92 Å². The smallest absolute Gasteiger partial charge is 0.326 e. The number of ether oxygens (including phenoxy) is 1. The van der Waals surface area contributed by atoms with Gasteiger partial charge in [-0.25, -0.2) is 0 Å². The monoisotopic (exact) mass is 253 g/mol. The molecule has 0 atom stereocenters. The lowest BCUT2D eigenvalue weighted by Gasteiger charge is -2.44. The first-order valence-corrected chi connectivity index (χ1v) is 6.99. The highest BCUT2D eigenvalue weighted by atomic mass is 32.1. The van der Waals surface area contributed by atoms with Crippen LogP contribution in [0.3, 0.4) is 0 Å². The first kappa shape index (κ1) is 12.6. The van der Waals surface area contributed by atoms with Crippen molar-refractivity contribution in [3.8, 4) is 0 Å². The zero-order valence-electron chi connectivity index (χ0n) is 10.4. The van der Waals surface area contributed by atoms with Crippen molar-refractivity contribution in [2.45, 2.75) is 38.8 Å². The summed E-state index contributed by atoms with van der Waals surface area (Å²) in [4.78, 5) is 13.2. The number of nitrogens with one attached hydrogen (secondary N) is 1. The molecule has 1 aliphatic carbocycles. The van der Waals surface area contributed by atoms with Crippen LogP contribution in [0.15, 0.2) is 17.5 Å². The van der Waals surface area contributed by atoms with Gasteiger partial charge in [-0.15, -0.1) is 11.3 Å². The van der Waals surface area contributed by atoms with Crippen LogP contribution >= 0.6 is 11.3 Å². The van der Waals surface area contributed by atoms with Crippen LogP contribution in [0.5, 0.6) is 0 Å². The van der Waals surface area contributed by atoms with Gasteiger partial charge < -0.3 is 4.74 Å². The van der Waals surface area contributed by atoms with Gasteiger partial charge in [0, 0.05) is 11.4 Å². The van der Waals surface area contributed by atoms with E-state index in [1.165, 1.54) is 4.88 Å². The molecule has 1 N–H and O–H groups in total. The number of carbonyl (C=O) groups is 1. The van der Waals surface area contributed by atoms with Gasteiger partial charge in [0.1, 0.15) is 5.54 Å². The second kappa shape index (κ2) is 5.19. The van der Waals surface area contributed by atoms with Gasteiger partial charge >= 0.3 is 5.97 Å². The molecule has 0 unspecified atom stereocenters. The van der Waals surface area contributed by atoms with Crippen molar-refractivity contribution in [2.75, 3.05) is 6.61 Å². The van der Waals surface area contributed by atoms with Crippen molar-refractivity contribution < 1.29 is 9.53 Å². The molecule has 0 aliphatic heterocycles. The Balaban J connectivity index is 1.95. The van der Waals surface area contributed by atoms with Gasteiger partial charge in [0.15, 0.2) is 0 Å². The first-order valence-electron chi connectivity index (χ1n) is 6.11. The fourth-order valence-electron chi connectivity index (χ4n) is 2.45. The Morgan fingerprint density at radius 2 is 2.41 bits per heavy atom. The Hall–Kier alpha value is -0.870. The molecule has 0 saturated heterocycles. The van der Waals surface area contributed by atoms with Crippen molar-refractivity contribution in [3.05, 3.63) is 22.4 Å². The van der Waals surface area contributed by atoms with Crippen molar-refractivity contribution >= 4 is 17.3 Å². The van der Waals surface area contributed by atoms with Crippen LogP contribution in [-0.2, 0) is 16.1 Å². The highest BCUT2D eigenvalue weighted by Gasteiger charge is 2.49. The third-order valence-electron chi connectivity index (χ3n) is 3.24. The van der Waals surface area contributed by atoms with Gasteiger partial charge in [-0.2, -0.15) is 0 Å². The van der Waals surface area contributed by atoms with E-state index in [9.17, 15) is 4.79 Å². The van der Waals surface area contributed by atoms with Crippen LogP contribution in [0.1, 0.15) is 31.6 Å². The molecule has 0 radical (unpaired) electrons. The van der Waals surface area contributed by atoms with E-state index >= 15 is 0 Å². The lowest BCUT2D eigenvalue weighted by Crippen LogP contribution is -2.60. The molecule has 0 aromatic carbocycles. The quantitative estimate of drug-likeness (QED) is 0.820. The van der Waals surface area contributed by atoms with Gasteiger partial charge in [0.2, 0.25) is 0 Å². The topological polar surface area (TPSA) is 38.3 Å². The fourth-order valence-corrected chi connectivity index (χ4v) is 3.10. The molecule has 94 valence electrons. The molecule has 0 amide bonds. The molecule has 1 saturated carbocycles. The number of hydrogen-bond donors (Lipinski definition) is 1. The van der Waals surface area contributed by atoms with E-state index in [1.807, 2.05) is 13.0 Å². The first-order chi connectivity index (χ1) is 8.16. The molecule has 1 aliphatic rings. The average molecular weight is 253 g/mol. The van der Waals surface area contributed by atoms with Gasteiger partial charge in [-0.3, -0.25) is 10.1 Å². The molecule has 0 bridgehead atoms. The summed E-state index contributed by atoms with van der Waals surface area (Å²) in [6.07, 6.45) is 1.77. The lowest BCUT2D eigenvalue weighted by molar-refractivity contribution is -0.157. The fraction of sp³-hybridized carbons (Fsp3) is 0.615. The Labute approximate surface area is 106 Å². The zero-order valence-corrected chi connectivity index (χ0v) is 11.2. The Morgan fingerprint density at radius 1 is 1.65 bits per heavy atom. The zero-order chi connectivity index (χ0) is 12.3. The Morgan fingerprint density at radius 3 is 2.94 bits per heavy atom. The van der Waals surface area contributed by atoms with Crippen LogP contribution in [0.4, 0.5) is 0 Å². The van der Waals surface area contributed by atoms with Crippen LogP contribution in [0, 0.1) is 5.92 Å². The third-order valence-corrected chi connectivity index (χ3v) is 4.12. The van der Waals surface area contributed by atoms with Crippen molar-refractivity contribution in [1.29, 1.82) is 0 Å². The minimum Gasteiger partial charge on any atom is -0.465 e. The van der Waals surface area contributed by atoms with E-state index in [2.05, 4.69) is 23.7 Å². The maximum Gasteiger partial charge on any atom is 0.326 e. The van der Waals surface area contributed by atoms with E-state index in [4.69, 9.17) is 4.74 Å². The summed E-state index contributed by atoms with van der Waals surface area (Å²) < 4.78 is 5.17. The number of thiophene rings is 1. The standard InChI is InChI=1S/C13H19NO2S/c1-3-16-12(15)13(7-10(2)8-13)14-9-11-5-4-6-17-11/h4-6,10,14H,3,7-9H2,1-2H3. The van der Waals surface area contributed by atoms with Gasteiger partial charge in [-0.05, 0) is 37.1 Å². The van der Waals surface area contributed by atoms with E-state index in [1.54, 1.807) is 11.3 Å². The Kier molecular flexibility index (Phi) is 3.84. The summed E-state index contributed by atoms with van der Waals surface area (Å²) in [5, 5.41) is 5.44. The predicted molar refractivity (Wildman–Crippen MR) is 68.9 cm³/mol. The lowest BCUT2D eigenvalue weighted by atomic mass is 9.69. The number of rotatable bonds is 5. The summed E-state index contributed by atoms with van der Waals surface area (Å²) in [7, 11) is 0. The van der Waals surface area contributed by atoms with Crippen LogP contribution in [-0.4, -0.2) is 18.1 Å². The Bertz CT molecular complexity index is 369. The molecule has 1 heterocycles. The molecular formula is C13H19NO2S. The molecule has 17 heavy (non-hydrogen) atoms. The summed E-state index contributed by atoms with van der Waals surface area (Å²) in [6.45, 7) is 5.23. The molecule has 2 rings (SSSR count). The van der Waals surface area contributed by atoms with Gasteiger partial charge in [0.05, 0.1) is 6.61 Å². The largest absolute Gasteiger partial charge is 0.465 e. The molecule has 1 fully saturated rings. The van der Waals surface area contributed by atoms with E-state index in [-0.39, 0.29) is 5.97 Å².